The standard InChI is InChI=1S/C12H8F2N4/c13-7-4-6(9(15)5-8(7)14)11-17-10-2-1-3-16-12(10)18-11/h1-5H,15H2,(H,16,17,18). The van der Waals surface area contributed by atoms with Crippen LogP contribution in [0, 0.1) is 11.6 Å². The lowest BCUT2D eigenvalue weighted by Crippen LogP contribution is -1.95. The van der Waals surface area contributed by atoms with Gasteiger partial charge < -0.3 is 10.7 Å². The number of anilines is 1. The summed E-state index contributed by atoms with van der Waals surface area (Å²) in [6, 6.07) is 5.49. The summed E-state index contributed by atoms with van der Waals surface area (Å²) in [4.78, 5) is 11.2. The lowest BCUT2D eigenvalue weighted by Gasteiger charge is -2.03. The average molecular weight is 246 g/mol. The Morgan fingerprint density at radius 3 is 2.72 bits per heavy atom. The van der Waals surface area contributed by atoms with Crippen molar-refractivity contribution in [3.05, 3.63) is 42.1 Å². The van der Waals surface area contributed by atoms with Crippen molar-refractivity contribution in [2.24, 2.45) is 0 Å². The molecule has 0 unspecified atom stereocenters. The monoisotopic (exact) mass is 246 g/mol. The Bertz CT molecular complexity index is 703. The number of nitrogen functional groups attached to an aromatic ring is 1. The molecule has 0 aliphatic carbocycles. The maximum absolute atomic E-state index is 13.2. The van der Waals surface area contributed by atoms with E-state index in [-0.39, 0.29) is 5.69 Å². The van der Waals surface area contributed by atoms with Crippen molar-refractivity contribution in [2.75, 3.05) is 5.73 Å². The average Bonchev–Trinajstić information content (AvgIpc) is 2.77. The van der Waals surface area contributed by atoms with Crippen LogP contribution in [0.15, 0.2) is 30.5 Å². The van der Waals surface area contributed by atoms with Gasteiger partial charge in [0.25, 0.3) is 0 Å². The zero-order chi connectivity index (χ0) is 12.7. The molecule has 2 aromatic heterocycles. The Hall–Kier alpha value is -2.50. The van der Waals surface area contributed by atoms with E-state index in [4.69, 9.17) is 5.73 Å². The molecule has 0 saturated heterocycles. The van der Waals surface area contributed by atoms with E-state index in [2.05, 4.69) is 15.0 Å². The van der Waals surface area contributed by atoms with Crippen LogP contribution in [-0.4, -0.2) is 15.0 Å². The lowest BCUT2D eigenvalue weighted by molar-refractivity contribution is 0.509. The third kappa shape index (κ3) is 1.58. The van der Waals surface area contributed by atoms with Crippen molar-refractivity contribution in [3.63, 3.8) is 0 Å². The number of nitrogens with zero attached hydrogens (tertiary/aromatic N) is 2. The summed E-state index contributed by atoms with van der Waals surface area (Å²) in [5, 5.41) is 0. The quantitative estimate of drug-likeness (QED) is 0.648. The number of pyridine rings is 1. The molecule has 1 aromatic carbocycles. The smallest absolute Gasteiger partial charge is 0.178 e. The lowest BCUT2D eigenvalue weighted by atomic mass is 10.1. The maximum Gasteiger partial charge on any atom is 0.178 e. The minimum Gasteiger partial charge on any atom is -0.398 e. The highest BCUT2D eigenvalue weighted by Gasteiger charge is 2.13. The van der Waals surface area contributed by atoms with E-state index in [1.54, 1.807) is 18.3 Å². The largest absolute Gasteiger partial charge is 0.398 e. The number of imidazole rings is 1. The molecule has 90 valence electrons. The molecule has 0 fully saturated rings. The molecule has 3 aromatic rings. The van der Waals surface area contributed by atoms with Gasteiger partial charge in [0.05, 0.1) is 5.52 Å². The van der Waals surface area contributed by atoms with Gasteiger partial charge in [0.15, 0.2) is 17.3 Å². The molecule has 0 atom stereocenters. The fraction of sp³-hybridized carbons (Fsp3) is 0. The second-order valence-electron chi connectivity index (χ2n) is 3.81. The number of nitrogens with one attached hydrogen (secondary N) is 1. The summed E-state index contributed by atoms with van der Waals surface area (Å²) in [5.41, 5.74) is 7.29. The van der Waals surface area contributed by atoms with E-state index in [0.29, 0.717) is 22.6 Å². The minimum atomic E-state index is -0.981. The van der Waals surface area contributed by atoms with Crippen LogP contribution < -0.4 is 5.73 Å². The van der Waals surface area contributed by atoms with Gasteiger partial charge in [0.2, 0.25) is 0 Å². The van der Waals surface area contributed by atoms with Crippen molar-refractivity contribution in [2.45, 2.75) is 0 Å². The molecule has 4 nitrogen and oxygen atoms in total. The number of nitrogens with two attached hydrogens (primary N) is 1. The number of halogens is 2. The summed E-state index contributed by atoms with van der Waals surface area (Å²) in [5.74, 6) is -1.58. The Kier molecular flexibility index (Phi) is 2.22. The Balaban J connectivity index is 2.22. The zero-order valence-corrected chi connectivity index (χ0v) is 9.11. The van der Waals surface area contributed by atoms with E-state index >= 15 is 0 Å². The van der Waals surface area contributed by atoms with Gasteiger partial charge in [0, 0.05) is 23.5 Å². The van der Waals surface area contributed by atoms with Crippen LogP contribution in [0.3, 0.4) is 0 Å². The fourth-order valence-electron chi connectivity index (χ4n) is 1.74. The van der Waals surface area contributed by atoms with E-state index < -0.39 is 11.6 Å². The van der Waals surface area contributed by atoms with Crippen LogP contribution >= 0.6 is 0 Å². The number of rotatable bonds is 1. The Morgan fingerprint density at radius 1 is 1.17 bits per heavy atom. The van der Waals surface area contributed by atoms with Gasteiger partial charge in [-0.3, -0.25) is 0 Å². The summed E-state index contributed by atoms with van der Waals surface area (Å²) in [6.07, 6.45) is 1.60. The predicted octanol–water partition coefficient (Wildman–Crippen LogP) is 2.49. The van der Waals surface area contributed by atoms with Crippen molar-refractivity contribution >= 4 is 16.9 Å². The first-order valence-electron chi connectivity index (χ1n) is 5.21. The van der Waals surface area contributed by atoms with Gasteiger partial charge in [-0.25, -0.2) is 18.7 Å². The van der Waals surface area contributed by atoms with Crippen LogP contribution in [-0.2, 0) is 0 Å². The zero-order valence-electron chi connectivity index (χ0n) is 9.11. The normalized spacial score (nSPS) is 11.0. The molecule has 6 heteroatoms. The molecule has 0 spiro atoms. The molecule has 18 heavy (non-hydrogen) atoms. The highest BCUT2D eigenvalue weighted by atomic mass is 19.2. The predicted molar refractivity (Wildman–Crippen MR) is 63.7 cm³/mol. The van der Waals surface area contributed by atoms with Crippen LogP contribution in [0.25, 0.3) is 22.6 Å². The minimum absolute atomic E-state index is 0.118. The number of aromatic amines is 1. The van der Waals surface area contributed by atoms with Gasteiger partial charge in [0.1, 0.15) is 5.82 Å². The first-order valence-corrected chi connectivity index (χ1v) is 5.21. The number of fused-ring (bicyclic) bond motifs is 1. The molecule has 3 N–H and O–H groups in total. The number of H-pyrrole nitrogens is 1. The summed E-state index contributed by atoms with van der Waals surface area (Å²) < 4.78 is 26.2. The van der Waals surface area contributed by atoms with Crippen molar-refractivity contribution < 1.29 is 8.78 Å². The van der Waals surface area contributed by atoms with Crippen molar-refractivity contribution in [1.82, 2.24) is 15.0 Å². The molecule has 0 saturated carbocycles. The van der Waals surface area contributed by atoms with Gasteiger partial charge >= 0.3 is 0 Å². The van der Waals surface area contributed by atoms with Crippen LogP contribution in [0.1, 0.15) is 0 Å². The van der Waals surface area contributed by atoms with Gasteiger partial charge in [-0.1, -0.05) is 0 Å². The Morgan fingerprint density at radius 2 is 1.94 bits per heavy atom. The van der Waals surface area contributed by atoms with Gasteiger partial charge in [-0.15, -0.1) is 0 Å². The van der Waals surface area contributed by atoms with Gasteiger partial charge in [-0.2, -0.15) is 0 Å². The third-order valence-electron chi connectivity index (χ3n) is 2.61. The number of hydrogen-bond acceptors (Lipinski definition) is 3. The summed E-state index contributed by atoms with van der Waals surface area (Å²) in [6.45, 7) is 0. The Labute approximate surface area is 100 Å². The van der Waals surface area contributed by atoms with E-state index in [1.165, 1.54) is 0 Å². The maximum atomic E-state index is 13.2. The SMILES string of the molecule is Nc1cc(F)c(F)cc1-c1nc2ncccc2[nH]1. The second kappa shape index (κ2) is 3.76. The highest BCUT2D eigenvalue weighted by Crippen LogP contribution is 2.27. The molecule has 0 radical (unpaired) electrons. The van der Waals surface area contributed by atoms with Crippen LogP contribution in [0.4, 0.5) is 14.5 Å². The fourth-order valence-corrected chi connectivity index (χ4v) is 1.74. The number of benzene rings is 1. The second-order valence-corrected chi connectivity index (χ2v) is 3.81. The molecule has 0 aliphatic heterocycles. The topological polar surface area (TPSA) is 67.6 Å². The van der Waals surface area contributed by atoms with Crippen molar-refractivity contribution in [3.8, 4) is 11.4 Å². The van der Waals surface area contributed by atoms with Crippen LogP contribution in [0.2, 0.25) is 0 Å². The summed E-state index contributed by atoms with van der Waals surface area (Å²) >= 11 is 0. The first kappa shape index (κ1) is 10.6. The van der Waals surface area contributed by atoms with Crippen molar-refractivity contribution in [1.29, 1.82) is 0 Å². The van der Waals surface area contributed by atoms with E-state index in [9.17, 15) is 8.78 Å². The molecule has 0 bridgehead atoms. The molecule has 3 rings (SSSR count). The number of hydrogen-bond donors (Lipinski definition) is 2. The molecule has 2 heterocycles. The molecule has 0 aliphatic rings. The molecular weight excluding hydrogens is 238 g/mol. The molecular formula is C12H8F2N4. The van der Waals surface area contributed by atoms with Gasteiger partial charge in [-0.05, 0) is 18.2 Å². The van der Waals surface area contributed by atoms with E-state index in [1.807, 2.05) is 0 Å². The third-order valence-corrected chi connectivity index (χ3v) is 2.61. The van der Waals surface area contributed by atoms with E-state index in [0.717, 1.165) is 12.1 Å². The number of aromatic nitrogens is 3. The van der Waals surface area contributed by atoms with Crippen LogP contribution in [0.5, 0.6) is 0 Å². The molecule has 0 amide bonds. The summed E-state index contributed by atoms with van der Waals surface area (Å²) in [7, 11) is 0. The highest BCUT2D eigenvalue weighted by molar-refractivity contribution is 5.79. The first-order chi connectivity index (χ1) is 8.65.